The lowest BCUT2D eigenvalue weighted by Crippen LogP contribution is -2.16. The van der Waals surface area contributed by atoms with Gasteiger partial charge in [-0.3, -0.25) is 4.79 Å². The van der Waals surface area contributed by atoms with Crippen LogP contribution >= 0.6 is 0 Å². The summed E-state index contributed by atoms with van der Waals surface area (Å²) < 4.78 is 27.1. The standard InChI is InChI=1S/C30H24FN3O3/c31-23-11-13-24(14-12-23)34-28(30(32)35)18-27(33-34)26-16-15-25(36-19-21-7-3-1-4-8-21)17-29(26)37-20-22-9-5-2-6-10-22/h1-18H,19-20H2,(H2,32,35). The van der Waals surface area contributed by atoms with Crippen LogP contribution in [-0.4, -0.2) is 15.7 Å². The molecule has 4 aromatic carbocycles. The summed E-state index contributed by atoms with van der Waals surface area (Å²) in [6, 6.07) is 32.4. The van der Waals surface area contributed by atoms with Crippen molar-refractivity contribution in [1.82, 2.24) is 9.78 Å². The third-order valence-electron chi connectivity index (χ3n) is 5.75. The first-order valence-corrected chi connectivity index (χ1v) is 11.7. The molecule has 6 nitrogen and oxygen atoms in total. The molecule has 5 aromatic rings. The summed E-state index contributed by atoms with van der Waals surface area (Å²) in [5.74, 6) is 0.120. The molecule has 0 bridgehead atoms. The molecular weight excluding hydrogens is 469 g/mol. The van der Waals surface area contributed by atoms with Gasteiger partial charge in [0.2, 0.25) is 0 Å². The molecular formula is C30H24FN3O3. The van der Waals surface area contributed by atoms with E-state index in [1.54, 1.807) is 6.07 Å². The molecule has 184 valence electrons. The molecule has 0 fully saturated rings. The quantitative estimate of drug-likeness (QED) is 0.276. The molecule has 0 saturated carbocycles. The number of nitrogens with two attached hydrogens (primary N) is 1. The van der Waals surface area contributed by atoms with E-state index in [4.69, 9.17) is 15.2 Å². The van der Waals surface area contributed by atoms with E-state index in [0.717, 1.165) is 11.1 Å². The van der Waals surface area contributed by atoms with E-state index in [1.807, 2.05) is 78.9 Å². The lowest BCUT2D eigenvalue weighted by Gasteiger charge is -2.13. The number of rotatable bonds is 9. The largest absolute Gasteiger partial charge is 0.489 e. The number of primary amides is 1. The number of halogens is 1. The maximum absolute atomic E-state index is 13.5. The third-order valence-corrected chi connectivity index (χ3v) is 5.75. The second-order valence-electron chi connectivity index (χ2n) is 8.37. The van der Waals surface area contributed by atoms with Crippen LogP contribution in [0.4, 0.5) is 4.39 Å². The summed E-state index contributed by atoms with van der Waals surface area (Å²) >= 11 is 0. The Bertz CT molecular complexity index is 1500. The summed E-state index contributed by atoms with van der Waals surface area (Å²) in [6.07, 6.45) is 0. The number of hydrogen-bond donors (Lipinski definition) is 1. The molecule has 2 N–H and O–H groups in total. The zero-order chi connectivity index (χ0) is 25.6. The Balaban J connectivity index is 1.50. The molecule has 0 saturated heterocycles. The highest BCUT2D eigenvalue weighted by Gasteiger charge is 2.19. The van der Waals surface area contributed by atoms with Gasteiger partial charge in [-0.05, 0) is 53.6 Å². The first-order chi connectivity index (χ1) is 18.1. The number of aromatic nitrogens is 2. The Morgan fingerprint density at radius 1 is 0.784 bits per heavy atom. The lowest BCUT2D eigenvalue weighted by molar-refractivity contribution is 0.0993. The molecule has 1 aromatic heterocycles. The van der Waals surface area contributed by atoms with E-state index in [1.165, 1.54) is 28.9 Å². The zero-order valence-corrected chi connectivity index (χ0v) is 19.9. The van der Waals surface area contributed by atoms with Gasteiger partial charge in [-0.2, -0.15) is 5.10 Å². The second-order valence-corrected chi connectivity index (χ2v) is 8.37. The van der Waals surface area contributed by atoms with Crippen LogP contribution in [0.2, 0.25) is 0 Å². The second kappa shape index (κ2) is 10.8. The van der Waals surface area contributed by atoms with Gasteiger partial charge in [0.15, 0.2) is 0 Å². The molecule has 1 heterocycles. The fourth-order valence-corrected chi connectivity index (χ4v) is 3.87. The molecule has 37 heavy (non-hydrogen) atoms. The summed E-state index contributed by atoms with van der Waals surface area (Å²) in [4.78, 5) is 12.2. The van der Waals surface area contributed by atoms with Gasteiger partial charge in [0, 0.05) is 11.6 Å². The Morgan fingerprint density at radius 3 is 2.03 bits per heavy atom. The van der Waals surface area contributed by atoms with Gasteiger partial charge in [0.25, 0.3) is 5.91 Å². The van der Waals surface area contributed by atoms with Crippen LogP contribution in [0.5, 0.6) is 11.5 Å². The van der Waals surface area contributed by atoms with E-state index in [2.05, 4.69) is 5.10 Å². The van der Waals surface area contributed by atoms with Crippen LogP contribution in [0.3, 0.4) is 0 Å². The van der Waals surface area contributed by atoms with Crippen molar-refractivity contribution in [1.29, 1.82) is 0 Å². The average molecular weight is 494 g/mol. The van der Waals surface area contributed by atoms with Crippen LogP contribution in [0.25, 0.3) is 16.9 Å². The zero-order valence-electron chi connectivity index (χ0n) is 19.9. The van der Waals surface area contributed by atoms with Gasteiger partial charge in [-0.25, -0.2) is 9.07 Å². The average Bonchev–Trinajstić information content (AvgIpc) is 3.38. The Labute approximate surface area is 213 Å². The van der Waals surface area contributed by atoms with Crippen molar-refractivity contribution in [2.24, 2.45) is 5.73 Å². The topological polar surface area (TPSA) is 79.4 Å². The van der Waals surface area contributed by atoms with Crippen molar-refractivity contribution in [2.75, 3.05) is 0 Å². The minimum atomic E-state index is -0.655. The van der Waals surface area contributed by atoms with Crippen LogP contribution < -0.4 is 15.2 Å². The number of benzene rings is 4. The van der Waals surface area contributed by atoms with Crippen LogP contribution in [0, 0.1) is 5.82 Å². The van der Waals surface area contributed by atoms with Crippen molar-refractivity contribution < 1.29 is 18.7 Å². The van der Waals surface area contributed by atoms with E-state index in [-0.39, 0.29) is 11.5 Å². The monoisotopic (exact) mass is 493 g/mol. The summed E-state index contributed by atoms with van der Waals surface area (Å²) in [6.45, 7) is 0.737. The molecule has 7 heteroatoms. The normalized spacial score (nSPS) is 10.7. The van der Waals surface area contributed by atoms with Crippen LogP contribution in [0.1, 0.15) is 21.6 Å². The number of nitrogens with zero attached hydrogens (tertiary/aromatic N) is 2. The van der Waals surface area contributed by atoms with Gasteiger partial charge >= 0.3 is 0 Å². The molecule has 0 aliphatic carbocycles. The molecule has 0 aliphatic rings. The summed E-state index contributed by atoms with van der Waals surface area (Å²) in [5, 5.41) is 4.61. The summed E-state index contributed by atoms with van der Waals surface area (Å²) in [7, 11) is 0. The van der Waals surface area contributed by atoms with Crippen molar-refractivity contribution >= 4 is 5.91 Å². The van der Waals surface area contributed by atoms with Crippen molar-refractivity contribution in [3.63, 3.8) is 0 Å². The fraction of sp³-hybridized carbons (Fsp3) is 0.0667. The Morgan fingerprint density at radius 2 is 1.41 bits per heavy atom. The maximum Gasteiger partial charge on any atom is 0.267 e. The minimum absolute atomic E-state index is 0.167. The molecule has 1 amide bonds. The van der Waals surface area contributed by atoms with E-state index >= 15 is 0 Å². The first kappa shape index (κ1) is 23.8. The van der Waals surface area contributed by atoms with Gasteiger partial charge in [0.05, 0.1) is 11.4 Å². The van der Waals surface area contributed by atoms with Crippen LogP contribution in [-0.2, 0) is 13.2 Å². The van der Waals surface area contributed by atoms with Gasteiger partial charge in [0.1, 0.15) is 36.2 Å². The predicted octanol–water partition coefficient (Wildman–Crippen LogP) is 5.94. The minimum Gasteiger partial charge on any atom is -0.489 e. The number of carbonyl (C=O) groups is 1. The Kier molecular flexibility index (Phi) is 6.94. The number of amides is 1. The first-order valence-electron chi connectivity index (χ1n) is 11.7. The van der Waals surface area contributed by atoms with Gasteiger partial charge in [-0.15, -0.1) is 0 Å². The molecule has 0 radical (unpaired) electrons. The molecule has 0 aliphatic heterocycles. The number of ether oxygens (including phenoxy) is 2. The van der Waals surface area contributed by atoms with E-state index < -0.39 is 5.91 Å². The highest BCUT2D eigenvalue weighted by molar-refractivity contribution is 5.93. The summed E-state index contributed by atoms with van der Waals surface area (Å²) in [5.41, 5.74) is 9.50. The fourth-order valence-electron chi connectivity index (χ4n) is 3.87. The highest BCUT2D eigenvalue weighted by atomic mass is 19.1. The lowest BCUT2D eigenvalue weighted by atomic mass is 10.1. The van der Waals surface area contributed by atoms with Gasteiger partial charge < -0.3 is 15.2 Å². The Hall–Kier alpha value is -4.91. The van der Waals surface area contributed by atoms with Crippen LogP contribution in [0.15, 0.2) is 109 Å². The third kappa shape index (κ3) is 5.67. The van der Waals surface area contributed by atoms with Crippen molar-refractivity contribution in [2.45, 2.75) is 13.2 Å². The smallest absolute Gasteiger partial charge is 0.267 e. The van der Waals surface area contributed by atoms with E-state index in [9.17, 15) is 9.18 Å². The number of carbonyl (C=O) groups excluding carboxylic acids is 1. The molecule has 5 rings (SSSR count). The SMILES string of the molecule is NC(=O)c1cc(-c2ccc(OCc3ccccc3)cc2OCc2ccccc2)nn1-c1ccc(F)cc1. The van der Waals surface area contributed by atoms with Crippen molar-refractivity contribution in [3.05, 3.63) is 132 Å². The van der Waals surface area contributed by atoms with Gasteiger partial charge in [-0.1, -0.05) is 60.7 Å². The predicted molar refractivity (Wildman–Crippen MR) is 139 cm³/mol. The van der Waals surface area contributed by atoms with Crippen molar-refractivity contribution in [3.8, 4) is 28.4 Å². The molecule has 0 atom stereocenters. The van der Waals surface area contributed by atoms with E-state index in [0.29, 0.717) is 41.7 Å². The number of hydrogen-bond acceptors (Lipinski definition) is 4. The molecule has 0 spiro atoms. The molecule has 0 unspecified atom stereocenters. The highest BCUT2D eigenvalue weighted by Crippen LogP contribution is 2.34. The maximum atomic E-state index is 13.5.